The lowest BCUT2D eigenvalue weighted by atomic mass is 10.0. The number of hydrogen-bond acceptors (Lipinski definition) is 3. The first-order valence-corrected chi connectivity index (χ1v) is 8.71. The van der Waals surface area contributed by atoms with Crippen molar-refractivity contribution in [2.45, 2.75) is 32.9 Å². The third-order valence-corrected chi connectivity index (χ3v) is 4.66. The Hall–Kier alpha value is -2.86. The van der Waals surface area contributed by atoms with Crippen LogP contribution in [0.2, 0.25) is 0 Å². The minimum Gasteiger partial charge on any atom is -0.463 e. The van der Waals surface area contributed by atoms with Crippen LogP contribution in [0.5, 0.6) is 0 Å². The summed E-state index contributed by atoms with van der Waals surface area (Å²) in [5, 5.41) is 9.38. The van der Waals surface area contributed by atoms with E-state index in [0.29, 0.717) is 0 Å². The van der Waals surface area contributed by atoms with Crippen LogP contribution in [0.3, 0.4) is 0 Å². The molecule has 136 valence electrons. The first-order chi connectivity index (χ1) is 12.5. The number of anilines is 1. The number of nitrogens with two attached hydrogens (primary N) is 1. The van der Waals surface area contributed by atoms with Gasteiger partial charge in [0, 0.05) is 12.6 Å². The van der Waals surface area contributed by atoms with E-state index in [1.165, 1.54) is 0 Å². The molecule has 2 aromatic heterocycles. The maximum atomic E-state index is 12.8. The highest BCUT2D eigenvalue weighted by Gasteiger charge is 2.27. The number of nitrogens with one attached hydrogen (secondary N) is 1. The lowest BCUT2D eigenvalue weighted by molar-refractivity contribution is -0.706. The van der Waals surface area contributed by atoms with Crippen LogP contribution in [0.1, 0.15) is 35.7 Å². The fraction of sp³-hybridized carbons (Fsp3) is 0.300. The van der Waals surface area contributed by atoms with Crippen LogP contribution < -0.4 is 10.6 Å². The van der Waals surface area contributed by atoms with Crippen LogP contribution in [0.4, 0.5) is 5.69 Å². The van der Waals surface area contributed by atoms with Crippen molar-refractivity contribution in [1.82, 2.24) is 9.78 Å². The summed E-state index contributed by atoms with van der Waals surface area (Å²) in [5.41, 5.74) is 3.63. The zero-order chi connectivity index (χ0) is 18.7. The standard InChI is InChI=1S/C20H24N4O2/c1-13-18(15(3)24(4)23-13)22-20(25)14(2)21-19(17-11-8-12-26-17)16-9-6-5-7-10-16/h5-12,14,19,21H,1-4H3,(H,22,25)/p+1/t14-,19+/m0/s1. The van der Waals surface area contributed by atoms with Gasteiger partial charge in [-0.1, -0.05) is 30.3 Å². The maximum absolute atomic E-state index is 12.8. The molecule has 0 fully saturated rings. The molecule has 0 radical (unpaired) electrons. The molecule has 0 aliphatic rings. The second kappa shape index (κ2) is 7.58. The van der Waals surface area contributed by atoms with Gasteiger partial charge in [-0.05, 0) is 32.9 Å². The summed E-state index contributed by atoms with van der Waals surface area (Å²) in [4.78, 5) is 12.8. The Morgan fingerprint density at radius 2 is 1.92 bits per heavy atom. The number of aromatic nitrogens is 2. The van der Waals surface area contributed by atoms with Crippen LogP contribution >= 0.6 is 0 Å². The zero-order valence-electron chi connectivity index (χ0n) is 15.6. The molecule has 0 bridgehead atoms. The molecule has 1 amide bonds. The minimum atomic E-state index is -0.302. The summed E-state index contributed by atoms with van der Waals surface area (Å²) in [6.07, 6.45) is 1.66. The molecule has 2 atom stereocenters. The van der Waals surface area contributed by atoms with Gasteiger partial charge in [0.1, 0.15) is 0 Å². The zero-order valence-corrected chi connectivity index (χ0v) is 15.6. The molecule has 0 aliphatic heterocycles. The fourth-order valence-corrected chi connectivity index (χ4v) is 3.07. The molecule has 6 nitrogen and oxygen atoms in total. The van der Waals surface area contributed by atoms with E-state index in [-0.39, 0.29) is 18.0 Å². The van der Waals surface area contributed by atoms with Crippen molar-refractivity contribution in [1.29, 1.82) is 0 Å². The average molecular weight is 353 g/mol. The summed E-state index contributed by atoms with van der Waals surface area (Å²) < 4.78 is 7.39. The maximum Gasteiger partial charge on any atom is 0.282 e. The molecule has 3 rings (SSSR count). The Balaban J connectivity index is 1.77. The molecular weight excluding hydrogens is 328 g/mol. The van der Waals surface area contributed by atoms with Gasteiger partial charge in [-0.3, -0.25) is 9.48 Å². The summed E-state index contributed by atoms with van der Waals surface area (Å²) in [6.45, 7) is 5.74. The van der Waals surface area contributed by atoms with Crippen molar-refractivity contribution in [3.05, 3.63) is 71.4 Å². The second-order valence-corrected chi connectivity index (χ2v) is 6.54. The first kappa shape index (κ1) is 17.9. The number of nitrogens with zero attached hydrogens (tertiary/aromatic N) is 2. The van der Waals surface area contributed by atoms with E-state index in [1.807, 2.05) is 75.6 Å². The molecule has 26 heavy (non-hydrogen) atoms. The van der Waals surface area contributed by atoms with E-state index in [4.69, 9.17) is 4.42 Å². The van der Waals surface area contributed by atoms with E-state index in [1.54, 1.807) is 10.9 Å². The third-order valence-electron chi connectivity index (χ3n) is 4.66. The van der Waals surface area contributed by atoms with E-state index >= 15 is 0 Å². The van der Waals surface area contributed by atoms with Gasteiger partial charge in [0.25, 0.3) is 5.91 Å². The van der Waals surface area contributed by atoms with Crippen molar-refractivity contribution in [2.75, 3.05) is 5.32 Å². The monoisotopic (exact) mass is 353 g/mol. The molecule has 3 N–H and O–H groups in total. The molecule has 0 aliphatic carbocycles. The molecule has 1 aromatic carbocycles. The largest absolute Gasteiger partial charge is 0.463 e. The van der Waals surface area contributed by atoms with Crippen molar-refractivity contribution in [3.8, 4) is 0 Å². The topological polar surface area (TPSA) is 76.7 Å². The van der Waals surface area contributed by atoms with Crippen LogP contribution in [0.15, 0.2) is 53.1 Å². The van der Waals surface area contributed by atoms with E-state index in [0.717, 1.165) is 28.4 Å². The minimum absolute atomic E-state index is 0.0586. The summed E-state index contributed by atoms with van der Waals surface area (Å²) >= 11 is 0. The van der Waals surface area contributed by atoms with E-state index in [2.05, 4.69) is 10.4 Å². The lowest BCUT2D eigenvalue weighted by Crippen LogP contribution is -2.92. The smallest absolute Gasteiger partial charge is 0.282 e. The van der Waals surface area contributed by atoms with Crippen molar-refractivity contribution in [3.63, 3.8) is 0 Å². The first-order valence-electron chi connectivity index (χ1n) is 8.71. The molecular formula is C20H25N4O2+. The van der Waals surface area contributed by atoms with Gasteiger partial charge in [0.05, 0.1) is 23.3 Å². The van der Waals surface area contributed by atoms with E-state index < -0.39 is 0 Å². The number of benzene rings is 1. The molecule has 3 aromatic rings. The van der Waals surface area contributed by atoms with Crippen LogP contribution in [-0.4, -0.2) is 21.7 Å². The van der Waals surface area contributed by atoms with Gasteiger partial charge in [-0.2, -0.15) is 5.10 Å². The highest BCUT2D eigenvalue weighted by molar-refractivity contribution is 5.94. The molecule has 0 spiro atoms. The molecule has 0 saturated carbocycles. The Labute approximate surface area is 153 Å². The Morgan fingerprint density at radius 3 is 2.50 bits per heavy atom. The number of rotatable bonds is 6. The normalized spacial score (nSPS) is 13.4. The van der Waals surface area contributed by atoms with Gasteiger partial charge in [-0.25, -0.2) is 0 Å². The lowest BCUT2D eigenvalue weighted by Gasteiger charge is -2.19. The number of hydrogen-bond donors (Lipinski definition) is 2. The van der Waals surface area contributed by atoms with Gasteiger partial charge < -0.3 is 15.1 Å². The number of aryl methyl sites for hydroxylation is 2. The Kier molecular flexibility index (Phi) is 5.23. The van der Waals surface area contributed by atoms with Gasteiger partial charge in [0.2, 0.25) is 0 Å². The highest BCUT2D eigenvalue weighted by atomic mass is 16.3. The van der Waals surface area contributed by atoms with Gasteiger partial charge in [0.15, 0.2) is 17.8 Å². The SMILES string of the molecule is Cc1nn(C)c(C)c1NC(=O)[C@H](C)[NH2+][C@H](c1ccccc1)c1ccco1. The van der Waals surface area contributed by atoms with Crippen molar-refractivity contribution in [2.24, 2.45) is 7.05 Å². The van der Waals surface area contributed by atoms with Crippen LogP contribution in [-0.2, 0) is 11.8 Å². The number of furan rings is 1. The average Bonchev–Trinajstić information content (AvgIpc) is 3.25. The Bertz CT molecular complexity index is 869. The van der Waals surface area contributed by atoms with Crippen LogP contribution in [0, 0.1) is 13.8 Å². The number of quaternary nitrogens is 1. The van der Waals surface area contributed by atoms with Gasteiger partial charge in [-0.15, -0.1) is 0 Å². The van der Waals surface area contributed by atoms with Crippen molar-refractivity contribution >= 4 is 11.6 Å². The third kappa shape index (κ3) is 3.70. The number of amides is 1. The second-order valence-electron chi connectivity index (χ2n) is 6.54. The summed E-state index contributed by atoms with van der Waals surface area (Å²) in [6, 6.07) is 13.5. The van der Waals surface area contributed by atoms with Crippen molar-refractivity contribution < 1.29 is 14.5 Å². The predicted molar refractivity (Wildman–Crippen MR) is 99.7 cm³/mol. The number of carbonyl (C=O) groups is 1. The fourth-order valence-electron chi connectivity index (χ4n) is 3.07. The summed E-state index contributed by atoms with van der Waals surface area (Å²) in [5.74, 6) is 0.765. The van der Waals surface area contributed by atoms with E-state index in [9.17, 15) is 4.79 Å². The molecule has 0 saturated heterocycles. The number of carbonyl (C=O) groups excluding carboxylic acids is 1. The predicted octanol–water partition coefficient (Wildman–Crippen LogP) is 2.31. The summed E-state index contributed by atoms with van der Waals surface area (Å²) in [7, 11) is 1.87. The highest BCUT2D eigenvalue weighted by Crippen LogP contribution is 2.20. The Morgan fingerprint density at radius 1 is 1.19 bits per heavy atom. The molecule has 0 unspecified atom stereocenters. The van der Waals surface area contributed by atoms with Crippen LogP contribution in [0.25, 0.3) is 0 Å². The quantitative estimate of drug-likeness (QED) is 0.714. The van der Waals surface area contributed by atoms with Gasteiger partial charge >= 0.3 is 0 Å². The molecule has 2 heterocycles. The molecule has 6 heteroatoms.